The van der Waals surface area contributed by atoms with Gasteiger partial charge in [-0.05, 0) is 39.2 Å². The van der Waals surface area contributed by atoms with Crippen LogP contribution in [0, 0.1) is 0 Å². The summed E-state index contributed by atoms with van der Waals surface area (Å²) in [4.78, 5) is 0. The van der Waals surface area contributed by atoms with E-state index >= 15 is 0 Å². The molecule has 1 aromatic rings. The fourth-order valence-electron chi connectivity index (χ4n) is 1.75. The Kier molecular flexibility index (Phi) is 3.40. The minimum atomic E-state index is -0.519. The number of aliphatic hydroxyl groups is 1. The Hall–Kier alpha value is -1.04. The Balaban J connectivity index is 2.22. The van der Waals surface area contributed by atoms with Gasteiger partial charge in [0.25, 0.3) is 0 Å². The Morgan fingerprint density at radius 1 is 1.28 bits per heavy atom. The van der Waals surface area contributed by atoms with Crippen molar-refractivity contribution in [3.05, 3.63) is 29.6 Å². The molecule has 0 spiro atoms. The molecule has 1 fully saturated rings. The highest BCUT2D eigenvalue weighted by Gasteiger charge is 2.52. The highest BCUT2D eigenvalue weighted by molar-refractivity contribution is 6.55. The summed E-state index contributed by atoms with van der Waals surface area (Å²) in [6.45, 7) is 7.83. The monoisotopic (exact) mass is 250 g/mol. The highest BCUT2D eigenvalue weighted by Crippen LogP contribution is 2.38. The first-order chi connectivity index (χ1) is 8.36. The van der Waals surface area contributed by atoms with Gasteiger partial charge in [-0.1, -0.05) is 6.08 Å². The largest absolute Gasteiger partial charge is 0.492 e. The molecule has 0 unspecified atom stereocenters. The molecular formula is C13H19BO4. The molecule has 4 nitrogen and oxygen atoms in total. The maximum atomic E-state index is 9.47. The molecule has 5 heteroatoms. The van der Waals surface area contributed by atoms with Crippen molar-refractivity contribution in [3.63, 3.8) is 0 Å². The summed E-state index contributed by atoms with van der Waals surface area (Å²) < 4.78 is 16.8. The first-order valence-electron chi connectivity index (χ1n) is 6.05. The molecule has 0 bridgehead atoms. The molecule has 2 rings (SSSR count). The fourth-order valence-corrected chi connectivity index (χ4v) is 1.75. The van der Waals surface area contributed by atoms with Crippen LogP contribution in [0.25, 0.3) is 6.08 Å². The van der Waals surface area contributed by atoms with Crippen LogP contribution in [0.2, 0.25) is 0 Å². The van der Waals surface area contributed by atoms with Gasteiger partial charge in [-0.15, -0.1) is 0 Å². The third kappa shape index (κ3) is 2.39. The number of hydrogen-bond donors (Lipinski definition) is 1. The minimum absolute atomic E-state index is 0.109. The molecule has 0 radical (unpaired) electrons. The van der Waals surface area contributed by atoms with E-state index in [9.17, 15) is 5.11 Å². The minimum Gasteiger partial charge on any atom is -0.472 e. The number of furan rings is 1. The summed E-state index contributed by atoms with van der Waals surface area (Å²) >= 11 is 0. The number of aliphatic hydroxyl groups excluding tert-OH is 1. The Morgan fingerprint density at radius 2 is 1.89 bits per heavy atom. The molecule has 0 saturated carbocycles. The van der Waals surface area contributed by atoms with Crippen LogP contribution in [0.1, 0.15) is 33.3 Å². The normalized spacial score (nSPS) is 22.5. The van der Waals surface area contributed by atoms with Gasteiger partial charge in [-0.3, -0.25) is 0 Å². The molecule has 98 valence electrons. The van der Waals surface area contributed by atoms with E-state index in [2.05, 4.69) is 0 Å². The summed E-state index contributed by atoms with van der Waals surface area (Å²) in [7, 11) is -0.519. The fraction of sp³-hybridized carbons (Fsp3) is 0.538. The first-order valence-corrected chi connectivity index (χ1v) is 6.05. The number of hydrogen-bond acceptors (Lipinski definition) is 4. The highest BCUT2D eigenvalue weighted by atomic mass is 16.7. The standard InChI is InChI=1S/C13H19BO4/c1-12(2)13(3,4)18-14(17-12)11(8-15)7-10-5-6-16-9-10/h5-7,9,15H,8H2,1-4H3. The molecule has 0 atom stereocenters. The van der Waals surface area contributed by atoms with Gasteiger partial charge in [-0.2, -0.15) is 0 Å². The van der Waals surface area contributed by atoms with Gasteiger partial charge < -0.3 is 18.8 Å². The van der Waals surface area contributed by atoms with Crippen molar-refractivity contribution in [3.8, 4) is 0 Å². The Bertz CT molecular complexity index is 418. The van der Waals surface area contributed by atoms with Crippen molar-refractivity contribution in [1.29, 1.82) is 0 Å². The van der Waals surface area contributed by atoms with E-state index in [1.165, 1.54) is 0 Å². The van der Waals surface area contributed by atoms with Crippen LogP contribution in [-0.2, 0) is 9.31 Å². The third-order valence-corrected chi connectivity index (χ3v) is 3.63. The second-order valence-electron chi connectivity index (χ2n) is 5.52. The molecular weight excluding hydrogens is 231 g/mol. The van der Waals surface area contributed by atoms with Crippen molar-refractivity contribution >= 4 is 13.2 Å². The van der Waals surface area contributed by atoms with Crippen LogP contribution in [-0.4, -0.2) is 30.0 Å². The predicted octanol–water partition coefficient (Wildman–Crippen LogP) is 2.29. The average molecular weight is 250 g/mol. The maximum Gasteiger partial charge on any atom is 0.492 e. The molecule has 1 aliphatic rings. The van der Waals surface area contributed by atoms with E-state index in [4.69, 9.17) is 13.7 Å². The zero-order chi connectivity index (χ0) is 13.4. The van der Waals surface area contributed by atoms with Crippen LogP contribution in [0.4, 0.5) is 0 Å². The molecule has 1 N–H and O–H groups in total. The Labute approximate surface area is 108 Å². The van der Waals surface area contributed by atoms with Gasteiger partial charge in [0.15, 0.2) is 0 Å². The number of rotatable bonds is 3. The quantitative estimate of drug-likeness (QED) is 0.836. The zero-order valence-electron chi connectivity index (χ0n) is 11.3. The molecule has 1 aromatic heterocycles. The summed E-state index contributed by atoms with van der Waals surface area (Å²) in [5.41, 5.74) is 0.772. The average Bonchev–Trinajstić information content (AvgIpc) is 2.82. The second kappa shape index (κ2) is 4.57. The SMILES string of the molecule is CC1(C)OB(C(=Cc2ccoc2)CO)OC1(C)C. The van der Waals surface area contributed by atoms with Gasteiger partial charge in [0.1, 0.15) is 0 Å². The first kappa shape index (κ1) is 13.4. The van der Waals surface area contributed by atoms with Gasteiger partial charge >= 0.3 is 7.12 Å². The van der Waals surface area contributed by atoms with E-state index in [1.54, 1.807) is 12.5 Å². The molecule has 0 aliphatic carbocycles. The lowest BCUT2D eigenvalue weighted by atomic mass is 9.78. The summed E-state index contributed by atoms with van der Waals surface area (Å²) in [5.74, 6) is 0. The van der Waals surface area contributed by atoms with E-state index in [-0.39, 0.29) is 6.61 Å². The molecule has 2 heterocycles. The van der Waals surface area contributed by atoms with E-state index < -0.39 is 18.3 Å². The third-order valence-electron chi connectivity index (χ3n) is 3.63. The second-order valence-corrected chi connectivity index (χ2v) is 5.52. The molecule has 0 aromatic carbocycles. The summed E-state index contributed by atoms with van der Waals surface area (Å²) in [6, 6.07) is 1.82. The topological polar surface area (TPSA) is 51.8 Å². The molecule has 1 saturated heterocycles. The molecule has 1 aliphatic heterocycles. The lowest BCUT2D eigenvalue weighted by molar-refractivity contribution is 0.00578. The van der Waals surface area contributed by atoms with Crippen molar-refractivity contribution in [2.75, 3.05) is 6.61 Å². The van der Waals surface area contributed by atoms with Crippen molar-refractivity contribution in [2.45, 2.75) is 38.9 Å². The van der Waals surface area contributed by atoms with Crippen LogP contribution < -0.4 is 0 Å². The molecule has 18 heavy (non-hydrogen) atoms. The van der Waals surface area contributed by atoms with Gasteiger partial charge in [0, 0.05) is 5.56 Å². The lowest BCUT2D eigenvalue weighted by Crippen LogP contribution is -2.41. The summed E-state index contributed by atoms with van der Waals surface area (Å²) in [5, 5.41) is 9.47. The predicted molar refractivity (Wildman–Crippen MR) is 69.9 cm³/mol. The van der Waals surface area contributed by atoms with Crippen molar-refractivity contribution < 1.29 is 18.8 Å². The van der Waals surface area contributed by atoms with Crippen molar-refractivity contribution in [2.24, 2.45) is 0 Å². The zero-order valence-corrected chi connectivity index (χ0v) is 11.3. The van der Waals surface area contributed by atoms with E-state index in [0.29, 0.717) is 5.47 Å². The van der Waals surface area contributed by atoms with Gasteiger partial charge in [0.2, 0.25) is 0 Å². The van der Waals surface area contributed by atoms with Crippen LogP contribution in [0.15, 0.2) is 28.5 Å². The van der Waals surface area contributed by atoms with E-state index in [1.807, 2.05) is 39.8 Å². The van der Waals surface area contributed by atoms with Gasteiger partial charge in [-0.25, -0.2) is 0 Å². The van der Waals surface area contributed by atoms with Crippen LogP contribution >= 0.6 is 0 Å². The Morgan fingerprint density at radius 3 is 2.33 bits per heavy atom. The van der Waals surface area contributed by atoms with Gasteiger partial charge in [0.05, 0.1) is 30.3 Å². The smallest absolute Gasteiger partial charge is 0.472 e. The van der Waals surface area contributed by atoms with E-state index in [0.717, 1.165) is 5.56 Å². The maximum absolute atomic E-state index is 9.47. The molecule has 0 amide bonds. The lowest BCUT2D eigenvalue weighted by Gasteiger charge is -2.32. The summed E-state index contributed by atoms with van der Waals surface area (Å²) in [6.07, 6.45) is 5.03. The van der Waals surface area contributed by atoms with Crippen LogP contribution in [0.3, 0.4) is 0 Å². The van der Waals surface area contributed by atoms with Crippen LogP contribution in [0.5, 0.6) is 0 Å². The van der Waals surface area contributed by atoms with Crippen molar-refractivity contribution in [1.82, 2.24) is 0 Å².